The van der Waals surface area contributed by atoms with Crippen molar-refractivity contribution in [2.45, 2.75) is 45.3 Å². The molecule has 1 aliphatic rings. The molecule has 4 nitrogen and oxygen atoms in total. The van der Waals surface area contributed by atoms with E-state index in [0.717, 1.165) is 26.1 Å². The lowest BCUT2D eigenvalue weighted by atomic mass is 10.1. The second-order valence-electron chi connectivity index (χ2n) is 6.10. The number of hydrogen-bond acceptors (Lipinski definition) is 3. The molecule has 1 amide bonds. The van der Waals surface area contributed by atoms with Crippen molar-refractivity contribution in [1.82, 2.24) is 9.80 Å². The summed E-state index contributed by atoms with van der Waals surface area (Å²) in [4.78, 5) is 16.4. The van der Waals surface area contributed by atoms with Gasteiger partial charge in [-0.2, -0.15) is 0 Å². The van der Waals surface area contributed by atoms with Crippen LogP contribution in [0.4, 0.5) is 0 Å². The molecule has 4 heteroatoms. The molecule has 2 N–H and O–H groups in total. The van der Waals surface area contributed by atoms with Crippen molar-refractivity contribution >= 4 is 5.91 Å². The van der Waals surface area contributed by atoms with E-state index in [9.17, 15) is 4.79 Å². The molecule has 0 aromatic heterocycles. The van der Waals surface area contributed by atoms with Crippen LogP contribution in [0.1, 0.15) is 32.3 Å². The summed E-state index contributed by atoms with van der Waals surface area (Å²) in [6.07, 6.45) is 2.37. The molecule has 1 atom stereocenters. The van der Waals surface area contributed by atoms with E-state index in [1.165, 1.54) is 12.0 Å². The minimum atomic E-state index is 0.0524. The van der Waals surface area contributed by atoms with E-state index < -0.39 is 0 Å². The first-order valence-corrected chi connectivity index (χ1v) is 7.89. The number of hydrogen-bond donors (Lipinski definition) is 1. The van der Waals surface area contributed by atoms with Crippen LogP contribution in [0.2, 0.25) is 0 Å². The second-order valence-corrected chi connectivity index (χ2v) is 6.10. The largest absolute Gasteiger partial charge is 0.338 e. The van der Waals surface area contributed by atoms with Crippen LogP contribution in [-0.4, -0.2) is 47.4 Å². The van der Waals surface area contributed by atoms with Crippen LogP contribution in [0.3, 0.4) is 0 Å². The van der Waals surface area contributed by atoms with Gasteiger partial charge < -0.3 is 10.6 Å². The van der Waals surface area contributed by atoms with E-state index in [1.54, 1.807) is 0 Å². The summed E-state index contributed by atoms with van der Waals surface area (Å²) >= 11 is 0. The van der Waals surface area contributed by atoms with Gasteiger partial charge in [0.25, 0.3) is 0 Å². The molecule has 1 aromatic carbocycles. The molecule has 0 aliphatic carbocycles. The van der Waals surface area contributed by atoms with E-state index in [4.69, 9.17) is 5.73 Å². The SMILES string of the molecule is CC(C)N(CC1CCCN1Cc1ccccc1)C(=O)CN. The number of nitrogens with zero attached hydrogens (tertiary/aromatic N) is 2. The van der Waals surface area contributed by atoms with Gasteiger partial charge in [-0.05, 0) is 38.8 Å². The van der Waals surface area contributed by atoms with Crippen molar-refractivity contribution in [2.24, 2.45) is 5.73 Å². The topological polar surface area (TPSA) is 49.6 Å². The van der Waals surface area contributed by atoms with Crippen LogP contribution in [0.5, 0.6) is 0 Å². The quantitative estimate of drug-likeness (QED) is 0.869. The van der Waals surface area contributed by atoms with E-state index in [0.29, 0.717) is 6.04 Å². The first-order chi connectivity index (χ1) is 10.1. The van der Waals surface area contributed by atoms with Gasteiger partial charge in [0.1, 0.15) is 0 Å². The van der Waals surface area contributed by atoms with Crippen molar-refractivity contribution in [3.8, 4) is 0 Å². The van der Waals surface area contributed by atoms with E-state index >= 15 is 0 Å². The number of nitrogens with two attached hydrogens (primary N) is 1. The van der Waals surface area contributed by atoms with Crippen LogP contribution in [0.25, 0.3) is 0 Å². The fourth-order valence-corrected chi connectivity index (χ4v) is 3.07. The molecule has 1 aromatic rings. The monoisotopic (exact) mass is 289 g/mol. The number of carbonyl (C=O) groups excluding carboxylic acids is 1. The highest BCUT2D eigenvalue weighted by atomic mass is 16.2. The molecule has 2 rings (SSSR count). The summed E-state index contributed by atoms with van der Waals surface area (Å²) in [6.45, 7) is 7.09. The van der Waals surface area contributed by atoms with Crippen molar-refractivity contribution in [2.75, 3.05) is 19.6 Å². The Kier molecular flexibility index (Phi) is 5.76. The van der Waals surface area contributed by atoms with Crippen molar-refractivity contribution < 1.29 is 4.79 Å². The zero-order chi connectivity index (χ0) is 15.2. The van der Waals surface area contributed by atoms with Crippen molar-refractivity contribution in [3.05, 3.63) is 35.9 Å². The van der Waals surface area contributed by atoms with Crippen molar-refractivity contribution in [1.29, 1.82) is 0 Å². The third kappa shape index (κ3) is 4.29. The predicted octanol–water partition coefficient (Wildman–Crippen LogP) is 1.85. The Morgan fingerprint density at radius 3 is 2.71 bits per heavy atom. The molecular formula is C17H27N3O. The third-order valence-corrected chi connectivity index (χ3v) is 4.25. The smallest absolute Gasteiger partial charge is 0.236 e. The van der Waals surface area contributed by atoms with Crippen LogP contribution in [0, 0.1) is 0 Å². The number of likely N-dealkylation sites (tertiary alicyclic amines) is 1. The minimum Gasteiger partial charge on any atom is -0.338 e. The average molecular weight is 289 g/mol. The van der Waals surface area contributed by atoms with Crippen LogP contribution < -0.4 is 5.73 Å². The molecule has 0 bridgehead atoms. The first-order valence-electron chi connectivity index (χ1n) is 7.89. The van der Waals surface area contributed by atoms with Crippen molar-refractivity contribution in [3.63, 3.8) is 0 Å². The highest BCUT2D eigenvalue weighted by molar-refractivity contribution is 5.78. The Bertz CT molecular complexity index is 447. The standard InChI is InChI=1S/C17H27N3O/c1-14(2)20(17(21)11-18)13-16-9-6-10-19(16)12-15-7-4-3-5-8-15/h3-5,7-8,14,16H,6,9-13,18H2,1-2H3. The van der Waals surface area contributed by atoms with Gasteiger partial charge in [-0.3, -0.25) is 9.69 Å². The van der Waals surface area contributed by atoms with Gasteiger partial charge in [0.2, 0.25) is 5.91 Å². The van der Waals surface area contributed by atoms with Gasteiger partial charge in [0.15, 0.2) is 0 Å². The summed E-state index contributed by atoms with van der Waals surface area (Å²) in [7, 11) is 0. The summed E-state index contributed by atoms with van der Waals surface area (Å²) in [5.74, 6) is 0.0524. The highest BCUT2D eigenvalue weighted by Gasteiger charge is 2.28. The fourth-order valence-electron chi connectivity index (χ4n) is 3.07. The maximum atomic E-state index is 12.0. The molecule has 1 unspecified atom stereocenters. The predicted molar refractivity (Wildman–Crippen MR) is 85.8 cm³/mol. The minimum absolute atomic E-state index is 0.0524. The molecule has 116 valence electrons. The van der Waals surface area contributed by atoms with Crippen LogP contribution in [0.15, 0.2) is 30.3 Å². The third-order valence-electron chi connectivity index (χ3n) is 4.25. The Labute approximate surface area is 127 Å². The average Bonchev–Trinajstić information content (AvgIpc) is 2.92. The normalized spacial score (nSPS) is 19.1. The number of benzene rings is 1. The Balaban J connectivity index is 1.99. The Morgan fingerprint density at radius 1 is 1.38 bits per heavy atom. The second kappa shape index (κ2) is 7.57. The Hall–Kier alpha value is -1.39. The zero-order valence-corrected chi connectivity index (χ0v) is 13.2. The van der Waals surface area contributed by atoms with Crippen LogP contribution >= 0.6 is 0 Å². The van der Waals surface area contributed by atoms with Gasteiger partial charge in [-0.25, -0.2) is 0 Å². The fraction of sp³-hybridized carbons (Fsp3) is 0.588. The zero-order valence-electron chi connectivity index (χ0n) is 13.2. The summed E-state index contributed by atoms with van der Waals surface area (Å²) < 4.78 is 0. The van der Waals surface area contributed by atoms with Gasteiger partial charge in [-0.15, -0.1) is 0 Å². The molecule has 1 fully saturated rings. The molecule has 21 heavy (non-hydrogen) atoms. The maximum absolute atomic E-state index is 12.0. The highest BCUT2D eigenvalue weighted by Crippen LogP contribution is 2.21. The van der Waals surface area contributed by atoms with Gasteiger partial charge in [-0.1, -0.05) is 30.3 Å². The molecule has 0 radical (unpaired) electrons. The van der Waals surface area contributed by atoms with Gasteiger partial charge >= 0.3 is 0 Å². The first kappa shape index (κ1) is 16.0. The molecular weight excluding hydrogens is 262 g/mol. The lowest BCUT2D eigenvalue weighted by Crippen LogP contribution is -2.47. The lowest BCUT2D eigenvalue weighted by molar-refractivity contribution is -0.132. The maximum Gasteiger partial charge on any atom is 0.236 e. The lowest BCUT2D eigenvalue weighted by Gasteiger charge is -2.33. The van der Waals surface area contributed by atoms with E-state index in [1.807, 2.05) is 11.0 Å². The molecule has 1 heterocycles. The van der Waals surface area contributed by atoms with E-state index in [-0.39, 0.29) is 18.5 Å². The Morgan fingerprint density at radius 2 is 2.10 bits per heavy atom. The van der Waals surface area contributed by atoms with E-state index in [2.05, 4.69) is 43.0 Å². The summed E-state index contributed by atoms with van der Waals surface area (Å²) in [6, 6.07) is 11.2. The summed E-state index contributed by atoms with van der Waals surface area (Å²) in [5, 5.41) is 0. The number of carbonyl (C=O) groups is 1. The van der Waals surface area contributed by atoms with Gasteiger partial charge in [0.05, 0.1) is 6.54 Å². The molecule has 1 saturated heterocycles. The summed E-state index contributed by atoms with van der Waals surface area (Å²) in [5.41, 5.74) is 6.88. The van der Waals surface area contributed by atoms with Gasteiger partial charge in [0, 0.05) is 25.2 Å². The number of rotatable bonds is 6. The number of amides is 1. The molecule has 0 saturated carbocycles. The molecule has 0 spiro atoms. The molecule has 1 aliphatic heterocycles. The van der Waals surface area contributed by atoms with Crippen LogP contribution in [-0.2, 0) is 11.3 Å².